The van der Waals surface area contributed by atoms with Gasteiger partial charge in [0.1, 0.15) is 0 Å². The average molecular weight is 679 g/mol. The summed E-state index contributed by atoms with van der Waals surface area (Å²) in [7, 11) is 0. The molecule has 0 fully saturated rings. The molecule has 0 nitrogen and oxygen atoms in total. The van der Waals surface area contributed by atoms with Crippen LogP contribution in [0.1, 0.15) is 25.0 Å². The lowest BCUT2D eigenvalue weighted by molar-refractivity contribution is 0.667. The number of rotatable bonds is 3. The molecule has 0 radical (unpaired) electrons. The molecule has 1 aliphatic carbocycles. The van der Waals surface area contributed by atoms with Gasteiger partial charge in [-0.05, 0) is 100 Å². The molecule has 0 bridgehead atoms. The highest BCUT2D eigenvalue weighted by atomic mass is 32.1. The number of benzene rings is 9. The highest BCUT2D eigenvalue weighted by Crippen LogP contribution is 2.57. The van der Waals surface area contributed by atoms with Crippen molar-refractivity contribution in [1.82, 2.24) is 0 Å². The van der Waals surface area contributed by atoms with Crippen molar-refractivity contribution in [2.75, 3.05) is 0 Å². The maximum atomic E-state index is 2.47. The molecule has 1 heteroatoms. The Labute approximate surface area is 307 Å². The van der Waals surface area contributed by atoms with Crippen molar-refractivity contribution >= 4 is 63.8 Å². The summed E-state index contributed by atoms with van der Waals surface area (Å²) in [4.78, 5) is 0. The van der Waals surface area contributed by atoms with Gasteiger partial charge in [0.05, 0.1) is 0 Å². The molecule has 1 aliphatic rings. The van der Waals surface area contributed by atoms with E-state index in [1.54, 1.807) is 0 Å². The molecule has 0 saturated heterocycles. The molecule has 0 spiro atoms. The quantitative estimate of drug-likeness (QED) is 0.163. The Balaban J connectivity index is 1.08. The fourth-order valence-electron chi connectivity index (χ4n) is 9.34. The zero-order valence-electron chi connectivity index (χ0n) is 29.1. The normalized spacial score (nSPS) is 13.3. The van der Waals surface area contributed by atoms with Crippen LogP contribution in [0, 0.1) is 0 Å². The van der Waals surface area contributed by atoms with E-state index >= 15 is 0 Å². The van der Waals surface area contributed by atoms with Crippen molar-refractivity contribution in [3.63, 3.8) is 0 Å². The first-order valence-electron chi connectivity index (χ1n) is 18.2. The summed E-state index contributed by atoms with van der Waals surface area (Å²) in [6.45, 7) is 4.85. The molecule has 0 unspecified atom stereocenters. The van der Waals surface area contributed by atoms with Crippen molar-refractivity contribution < 1.29 is 0 Å². The van der Waals surface area contributed by atoms with Crippen LogP contribution >= 0.6 is 11.3 Å². The van der Waals surface area contributed by atoms with Crippen LogP contribution in [0.3, 0.4) is 0 Å². The van der Waals surface area contributed by atoms with Gasteiger partial charge in [-0.3, -0.25) is 0 Å². The van der Waals surface area contributed by atoms with Gasteiger partial charge in [-0.2, -0.15) is 0 Å². The molecule has 0 aliphatic heterocycles. The molecule has 9 aromatic carbocycles. The first-order chi connectivity index (χ1) is 25.6. The summed E-state index contributed by atoms with van der Waals surface area (Å²) < 4.78 is 2.75. The van der Waals surface area contributed by atoms with Gasteiger partial charge in [-0.25, -0.2) is 0 Å². The maximum Gasteiger partial charge on any atom is 0.0440 e. The van der Waals surface area contributed by atoms with Crippen LogP contribution in [0.5, 0.6) is 0 Å². The van der Waals surface area contributed by atoms with Crippen LogP contribution in [0.4, 0.5) is 0 Å². The number of hydrogen-bond acceptors (Lipinski definition) is 1. The van der Waals surface area contributed by atoms with Gasteiger partial charge in [0, 0.05) is 25.6 Å². The monoisotopic (exact) mass is 678 g/mol. The second-order valence-corrected chi connectivity index (χ2v) is 15.8. The van der Waals surface area contributed by atoms with E-state index in [9.17, 15) is 0 Å². The lowest BCUT2D eigenvalue weighted by Crippen LogP contribution is -2.15. The molecule has 1 heterocycles. The first kappa shape index (κ1) is 29.7. The molecule has 10 aromatic rings. The van der Waals surface area contributed by atoms with E-state index in [1.165, 1.54) is 108 Å². The van der Waals surface area contributed by atoms with Crippen molar-refractivity contribution in [2.45, 2.75) is 19.3 Å². The number of fused-ring (bicyclic) bond motifs is 12. The molecule has 0 atom stereocenters. The van der Waals surface area contributed by atoms with Gasteiger partial charge in [-0.1, -0.05) is 172 Å². The third kappa shape index (κ3) is 4.09. The Morgan fingerprint density at radius 3 is 1.50 bits per heavy atom. The third-order valence-corrected chi connectivity index (χ3v) is 12.8. The summed E-state index contributed by atoms with van der Waals surface area (Å²) in [5.74, 6) is 0. The van der Waals surface area contributed by atoms with Gasteiger partial charge < -0.3 is 0 Å². The van der Waals surface area contributed by atoms with Gasteiger partial charge in [-0.15, -0.1) is 11.3 Å². The van der Waals surface area contributed by atoms with Crippen molar-refractivity contribution in [1.29, 1.82) is 0 Å². The van der Waals surface area contributed by atoms with E-state index in [-0.39, 0.29) is 5.41 Å². The second-order valence-electron chi connectivity index (χ2n) is 14.8. The van der Waals surface area contributed by atoms with Gasteiger partial charge >= 0.3 is 0 Å². The number of thiophene rings is 1. The molecule has 0 saturated carbocycles. The van der Waals surface area contributed by atoms with E-state index in [0.717, 1.165) is 0 Å². The minimum absolute atomic E-state index is 0.143. The first-order valence-corrected chi connectivity index (χ1v) is 19.0. The van der Waals surface area contributed by atoms with Crippen LogP contribution in [0.15, 0.2) is 170 Å². The van der Waals surface area contributed by atoms with Crippen LogP contribution in [-0.4, -0.2) is 0 Å². The van der Waals surface area contributed by atoms with E-state index in [0.29, 0.717) is 0 Å². The molecular formula is C51H34S. The molecule has 52 heavy (non-hydrogen) atoms. The zero-order chi connectivity index (χ0) is 34.6. The topological polar surface area (TPSA) is 0 Å². The van der Waals surface area contributed by atoms with Crippen LogP contribution < -0.4 is 0 Å². The van der Waals surface area contributed by atoms with E-state index in [2.05, 4.69) is 184 Å². The summed E-state index contributed by atoms with van der Waals surface area (Å²) in [6.07, 6.45) is 0. The standard InChI is InChI=1S/C51H34S/c1-51(2)43-30-34(28-29-41(43)47-48-42-22-12-13-23-44(42)52-50(48)40-21-11-10-20-39(40)49(47)51)31-24-26-33(27-25-31)46-37-18-8-6-16-35(37)45(32-14-4-3-5-15-32)36-17-7-9-19-38(36)46/h3-30H,1-2H3. The van der Waals surface area contributed by atoms with Crippen LogP contribution in [0.25, 0.3) is 97.0 Å². The fourth-order valence-corrected chi connectivity index (χ4v) is 10.6. The minimum atomic E-state index is -0.143. The second kappa shape index (κ2) is 11.0. The molecule has 0 amide bonds. The Bertz CT molecular complexity index is 3010. The highest BCUT2D eigenvalue weighted by molar-refractivity contribution is 7.26. The molecule has 1 aromatic heterocycles. The Hall–Kier alpha value is -6.02. The van der Waals surface area contributed by atoms with E-state index < -0.39 is 0 Å². The Kier molecular flexibility index (Phi) is 6.27. The Morgan fingerprint density at radius 2 is 0.865 bits per heavy atom. The van der Waals surface area contributed by atoms with E-state index in [4.69, 9.17) is 0 Å². The zero-order valence-corrected chi connectivity index (χ0v) is 29.9. The Morgan fingerprint density at radius 1 is 0.385 bits per heavy atom. The predicted molar refractivity (Wildman–Crippen MR) is 226 cm³/mol. The van der Waals surface area contributed by atoms with Gasteiger partial charge in [0.15, 0.2) is 0 Å². The fraction of sp³-hybridized carbons (Fsp3) is 0.0588. The number of hydrogen-bond donors (Lipinski definition) is 0. The SMILES string of the molecule is CC1(C)c2cc(-c3ccc(-c4c5ccccc5c(-c5ccccc5)c5ccccc45)cc3)ccc2-c2c1c1ccccc1c1sc3ccccc3c21. The van der Waals surface area contributed by atoms with Crippen LogP contribution in [0.2, 0.25) is 0 Å². The smallest absolute Gasteiger partial charge is 0.0440 e. The summed E-state index contributed by atoms with van der Waals surface area (Å²) in [5.41, 5.74) is 13.1. The molecule has 11 rings (SSSR count). The third-order valence-electron chi connectivity index (χ3n) is 11.6. The summed E-state index contributed by atoms with van der Waals surface area (Å²) in [5, 5.41) is 10.7. The lowest BCUT2D eigenvalue weighted by atomic mass is 9.79. The largest absolute Gasteiger partial charge is 0.135 e. The van der Waals surface area contributed by atoms with Crippen molar-refractivity contribution in [2.24, 2.45) is 0 Å². The lowest BCUT2D eigenvalue weighted by Gasteiger charge is -2.24. The predicted octanol–water partition coefficient (Wildman–Crippen LogP) is 14.8. The average Bonchev–Trinajstić information content (AvgIpc) is 3.70. The van der Waals surface area contributed by atoms with Crippen LogP contribution in [-0.2, 0) is 5.41 Å². The maximum absolute atomic E-state index is 2.47. The summed E-state index contributed by atoms with van der Waals surface area (Å²) >= 11 is 1.93. The minimum Gasteiger partial charge on any atom is -0.135 e. The van der Waals surface area contributed by atoms with Crippen molar-refractivity contribution in [3.05, 3.63) is 181 Å². The van der Waals surface area contributed by atoms with Crippen molar-refractivity contribution in [3.8, 4) is 44.5 Å². The van der Waals surface area contributed by atoms with Gasteiger partial charge in [0.25, 0.3) is 0 Å². The van der Waals surface area contributed by atoms with Gasteiger partial charge in [0.2, 0.25) is 0 Å². The molecule has 244 valence electrons. The summed E-state index contributed by atoms with van der Waals surface area (Å²) in [6, 6.07) is 63.1. The molecule has 0 N–H and O–H groups in total. The van der Waals surface area contributed by atoms with E-state index in [1.807, 2.05) is 11.3 Å². The molecular weight excluding hydrogens is 645 g/mol. The highest BCUT2D eigenvalue weighted by Gasteiger charge is 2.39.